The number of oxazole rings is 1. The molecule has 3 heteroatoms. The van der Waals surface area contributed by atoms with Gasteiger partial charge in [-0.1, -0.05) is 0 Å². The molecule has 0 aliphatic rings. The minimum Gasteiger partial charge on any atom is -0.442 e. The van der Waals surface area contributed by atoms with Gasteiger partial charge < -0.3 is 4.42 Å². The summed E-state index contributed by atoms with van der Waals surface area (Å²) in [7, 11) is 0. The first-order chi connectivity index (χ1) is 4.88. The van der Waals surface area contributed by atoms with Crippen LogP contribution in [-0.4, -0.2) is 9.97 Å². The standard InChI is InChI=1S/C7H6N2O/c1-5-2-8-3-6-7(5)9-4-10-6/h2-4H,1H3. The Morgan fingerprint density at radius 3 is 3.10 bits per heavy atom. The van der Waals surface area contributed by atoms with Gasteiger partial charge in [0.05, 0.1) is 6.20 Å². The SMILES string of the molecule is Cc1cncc2ocnc12. The van der Waals surface area contributed by atoms with E-state index in [1.165, 1.54) is 6.39 Å². The van der Waals surface area contributed by atoms with E-state index in [9.17, 15) is 0 Å². The fourth-order valence-corrected chi connectivity index (χ4v) is 0.921. The van der Waals surface area contributed by atoms with Gasteiger partial charge in [-0.3, -0.25) is 4.98 Å². The lowest BCUT2D eigenvalue weighted by molar-refractivity contribution is 0.601. The molecule has 2 aromatic rings. The fraction of sp³-hybridized carbons (Fsp3) is 0.143. The Kier molecular flexibility index (Phi) is 0.974. The van der Waals surface area contributed by atoms with Crippen molar-refractivity contribution >= 4 is 11.1 Å². The third-order valence-electron chi connectivity index (χ3n) is 1.43. The minimum absolute atomic E-state index is 0.750. The first kappa shape index (κ1) is 5.41. The molecule has 0 saturated heterocycles. The lowest BCUT2D eigenvalue weighted by Crippen LogP contribution is -1.77. The van der Waals surface area contributed by atoms with Crippen LogP contribution in [-0.2, 0) is 0 Å². The lowest BCUT2D eigenvalue weighted by Gasteiger charge is -1.88. The Morgan fingerprint density at radius 2 is 2.30 bits per heavy atom. The van der Waals surface area contributed by atoms with E-state index in [0.717, 1.165) is 16.7 Å². The zero-order chi connectivity index (χ0) is 6.97. The molecule has 0 spiro atoms. The van der Waals surface area contributed by atoms with Gasteiger partial charge in [-0.05, 0) is 12.5 Å². The molecule has 2 rings (SSSR count). The second-order valence-corrected chi connectivity index (χ2v) is 2.16. The summed E-state index contributed by atoms with van der Waals surface area (Å²) < 4.78 is 5.03. The molecule has 0 unspecified atom stereocenters. The molecule has 0 saturated carbocycles. The summed E-state index contributed by atoms with van der Waals surface area (Å²) in [6.45, 7) is 1.96. The highest BCUT2D eigenvalue weighted by atomic mass is 16.3. The van der Waals surface area contributed by atoms with Crippen molar-refractivity contribution in [2.45, 2.75) is 6.92 Å². The van der Waals surface area contributed by atoms with Crippen LogP contribution >= 0.6 is 0 Å². The van der Waals surface area contributed by atoms with Crippen LogP contribution in [0.25, 0.3) is 11.1 Å². The highest BCUT2D eigenvalue weighted by Crippen LogP contribution is 2.12. The van der Waals surface area contributed by atoms with E-state index in [0.29, 0.717) is 0 Å². The summed E-state index contributed by atoms with van der Waals surface area (Å²) in [4.78, 5) is 7.96. The molecule has 0 aliphatic carbocycles. The number of nitrogens with zero attached hydrogens (tertiary/aromatic N) is 2. The van der Waals surface area contributed by atoms with Gasteiger partial charge in [0, 0.05) is 6.20 Å². The molecule has 0 atom stereocenters. The van der Waals surface area contributed by atoms with Crippen molar-refractivity contribution in [3.8, 4) is 0 Å². The third kappa shape index (κ3) is 0.603. The summed E-state index contributed by atoms with van der Waals surface area (Å²) in [5.74, 6) is 0. The Balaban J connectivity index is 2.95. The molecule has 0 radical (unpaired) electrons. The largest absolute Gasteiger partial charge is 0.442 e. The molecule has 0 N–H and O–H groups in total. The molecule has 0 bridgehead atoms. The number of hydrogen-bond donors (Lipinski definition) is 0. The van der Waals surface area contributed by atoms with Gasteiger partial charge in [0.15, 0.2) is 12.0 Å². The fourth-order valence-electron chi connectivity index (χ4n) is 0.921. The van der Waals surface area contributed by atoms with Crippen LogP contribution in [0.15, 0.2) is 23.2 Å². The molecule has 0 aromatic carbocycles. The molecular weight excluding hydrogens is 128 g/mol. The van der Waals surface area contributed by atoms with E-state index in [1.807, 2.05) is 6.92 Å². The van der Waals surface area contributed by atoms with Crippen LogP contribution in [0, 0.1) is 6.92 Å². The lowest BCUT2D eigenvalue weighted by atomic mass is 10.3. The van der Waals surface area contributed by atoms with Crippen molar-refractivity contribution in [2.75, 3.05) is 0 Å². The molecule has 2 heterocycles. The summed E-state index contributed by atoms with van der Waals surface area (Å²) in [5, 5.41) is 0. The van der Waals surface area contributed by atoms with Crippen molar-refractivity contribution in [3.63, 3.8) is 0 Å². The number of fused-ring (bicyclic) bond motifs is 1. The Labute approximate surface area is 57.7 Å². The second-order valence-electron chi connectivity index (χ2n) is 2.16. The van der Waals surface area contributed by atoms with Crippen molar-refractivity contribution in [3.05, 3.63) is 24.4 Å². The molecule has 0 aliphatic heterocycles. The van der Waals surface area contributed by atoms with Gasteiger partial charge in [0.25, 0.3) is 0 Å². The van der Waals surface area contributed by atoms with Crippen LogP contribution in [0.2, 0.25) is 0 Å². The number of rotatable bonds is 0. The first-order valence-corrected chi connectivity index (χ1v) is 3.02. The van der Waals surface area contributed by atoms with Crippen molar-refractivity contribution in [1.29, 1.82) is 0 Å². The van der Waals surface area contributed by atoms with Crippen molar-refractivity contribution in [2.24, 2.45) is 0 Å². The molecule has 0 amide bonds. The van der Waals surface area contributed by atoms with Crippen LogP contribution in [0.5, 0.6) is 0 Å². The summed E-state index contributed by atoms with van der Waals surface area (Å²) in [6, 6.07) is 0. The third-order valence-corrected chi connectivity index (χ3v) is 1.43. The quantitative estimate of drug-likeness (QED) is 0.548. The normalized spacial score (nSPS) is 10.5. The molecule has 0 fully saturated rings. The second kappa shape index (κ2) is 1.80. The number of aryl methyl sites for hydroxylation is 1. The van der Waals surface area contributed by atoms with Gasteiger partial charge in [0.2, 0.25) is 0 Å². The maximum absolute atomic E-state index is 5.03. The number of aromatic nitrogens is 2. The van der Waals surface area contributed by atoms with Gasteiger partial charge in [0.1, 0.15) is 5.52 Å². The maximum atomic E-state index is 5.03. The summed E-state index contributed by atoms with van der Waals surface area (Å²) in [6.07, 6.45) is 4.86. The van der Waals surface area contributed by atoms with E-state index >= 15 is 0 Å². The highest BCUT2D eigenvalue weighted by molar-refractivity contribution is 5.74. The topological polar surface area (TPSA) is 38.9 Å². The zero-order valence-electron chi connectivity index (χ0n) is 5.53. The predicted octanol–water partition coefficient (Wildman–Crippen LogP) is 1.53. The molecular formula is C7H6N2O. The van der Waals surface area contributed by atoms with E-state index in [1.54, 1.807) is 12.4 Å². The zero-order valence-corrected chi connectivity index (χ0v) is 5.53. The van der Waals surface area contributed by atoms with E-state index in [2.05, 4.69) is 9.97 Å². The van der Waals surface area contributed by atoms with Gasteiger partial charge in [-0.15, -0.1) is 0 Å². The van der Waals surface area contributed by atoms with Gasteiger partial charge in [-0.25, -0.2) is 4.98 Å². The molecule has 3 nitrogen and oxygen atoms in total. The molecule has 50 valence electrons. The molecule has 10 heavy (non-hydrogen) atoms. The predicted molar refractivity (Wildman–Crippen MR) is 36.5 cm³/mol. The Bertz CT molecular complexity index is 353. The number of pyridine rings is 1. The average molecular weight is 134 g/mol. The highest BCUT2D eigenvalue weighted by Gasteiger charge is 1.99. The molecule has 2 aromatic heterocycles. The van der Waals surface area contributed by atoms with Gasteiger partial charge >= 0.3 is 0 Å². The number of hydrogen-bond acceptors (Lipinski definition) is 3. The van der Waals surface area contributed by atoms with Crippen LogP contribution in [0.3, 0.4) is 0 Å². The summed E-state index contributed by atoms with van der Waals surface area (Å²) in [5.41, 5.74) is 2.70. The minimum atomic E-state index is 0.750. The first-order valence-electron chi connectivity index (χ1n) is 3.02. The monoisotopic (exact) mass is 134 g/mol. The van der Waals surface area contributed by atoms with Crippen LogP contribution < -0.4 is 0 Å². The Morgan fingerprint density at radius 1 is 1.40 bits per heavy atom. The van der Waals surface area contributed by atoms with E-state index < -0.39 is 0 Å². The Hall–Kier alpha value is -1.38. The van der Waals surface area contributed by atoms with Crippen LogP contribution in [0.4, 0.5) is 0 Å². The van der Waals surface area contributed by atoms with Crippen molar-refractivity contribution < 1.29 is 4.42 Å². The average Bonchev–Trinajstić information content (AvgIpc) is 2.36. The summed E-state index contributed by atoms with van der Waals surface area (Å²) >= 11 is 0. The maximum Gasteiger partial charge on any atom is 0.182 e. The van der Waals surface area contributed by atoms with Crippen LogP contribution in [0.1, 0.15) is 5.56 Å². The smallest absolute Gasteiger partial charge is 0.182 e. The van der Waals surface area contributed by atoms with E-state index in [4.69, 9.17) is 4.42 Å². The van der Waals surface area contributed by atoms with Crippen molar-refractivity contribution in [1.82, 2.24) is 9.97 Å². The van der Waals surface area contributed by atoms with Gasteiger partial charge in [-0.2, -0.15) is 0 Å². The van der Waals surface area contributed by atoms with E-state index in [-0.39, 0.29) is 0 Å².